The predicted molar refractivity (Wildman–Crippen MR) is 77.9 cm³/mol. The van der Waals surface area contributed by atoms with Crippen LogP contribution in [0.3, 0.4) is 0 Å². The van der Waals surface area contributed by atoms with E-state index in [0.717, 1.165) is 11.3 Å². The number of carboxylic acid groups (broad SMARTS) is 1. The lowest BCUT2D eigenvalue weighted by atomic mass is 10.1. The molecule has 2 rings (SSSR count). The van der Waals surface area contributed by atoms with E-state index in [4.69, 9.17) is 5.11 Å². The molecule has 0 radical (unpaired) electrons. The highest BCUT2D eigenvalue weighted by molar-refractivity contribution is 7.20. The molecule has 0 saturated carbocycles. The summed E-state index contributed by atoms with van der Waals surface area (Å²) in [6.07, 6.45) is 1.35. The second-order valence-electron chi connectivity index (χ2n) is 4.62. The number of carboxylic acids is 1. The zero-order chi connectivity index (χ0) is 15.0. The molecule has 1 N–H and O–H groups in total. The second kappa shape index (κ2) is 5.24. The van der Waals surface area contributed by atoms with Crippen LogP contribution >= 0.6 is 11.3 Å². The first kappa shape index (κ1) is 14.5. The zero-order valence-electron chi connectivity index (χ0n) is 11.5. The minimum absolute atomic E-state index is 0.0643. The summed E-state index contributed by atoms with van der Waals surface area (Å²) in [5, 5.41) is 9.31. The van der Waals surface area contributed by atoms with E-state index in [-0.39, 0.29) is 10.9 Å². The molecule has 7 heteroatoms. The summed E-state index contributed by atoms with van der Waals surface area (Å²) in [6, 6.07) is 1.18. The van der Waals surface area contributed by atoms with Crippen LogP contribution in [0.4, 0.5) is 0 Å². The average Bonchev–Trinajstić information content (AvgIpc) is 2.87. The van der Waals surface area contributed by atoms with Crippen molar-refractivity contribution in [1.82, 2.24) is 9.13 Å². The molecule has 0 aliphatic rings. The van der Waals surface area contributed by atoms with Gasteiger partial charge in [-0.3, -0.25) is 13.9 Å². The van der Waals surface area contributed by atoms with Gasteiger partial charge in [-0.1, -0.05) is 13.8 Å². The minimum Gasteiger partial charge on any atom is -0.477 e. The molecule has 2 heterocycles. The maximum atomic E-state index is 12.5. The van der Waals surface area contributed by atoms with E-state index in [0.29, 0.717) is 23.1 Å². The number of aromatic carboxylic acids is 1. The third kappa shape index (κ3) is 2.07. The summed E-state index contributed by atoms with van der Waals surface area (Å²) in [6.45, 7) is 3.83. The third-order valence-corrected chi connectivity index (χ3v) is 4.68. The van der Waals surface area contributed by atoms with Crippen LogP contribution in [0.1, 0.15) is 42.4 Å². The molecule has 0 aliphatic carbocycles. The highest BCUT2D eigenvalue weighted by atomic mass is 32.1. The molecule has 6 nitrogen and oxygen atoms in total. The lowest BCUT2D eigenvalue weighted by Gasteiger charge is -2.16. The van der Waals surface area contributed by atoms with Crippen LogP contribution in [-0.4, -0.2) is 20.2 Å². The Balaban J connectivity index is 2.89. The Hall–Kier alpha value is -1.89. The number of thiophene rings is 1. The Bertz CT molecular complexity index is 780. The van der Waals surface area contributed by atoms with E-state index in [2.05, 4.69) is 0 Å². The van der Waals surface area contributed by atoms with Gasteiger partial charge < -0.3 is 5.11 Å². The van der Waals surface area contributed by atoms with Gasteiger partial charge >= 0.3 is 11.7 Å². The first-order valence-electron chi connectivity index (χ1n) is 6.40. The van der Waals surface area contributed by atoms with Crippen molar-refractivity contribution >= 4 is 27.5 Å². The molecule has 2 aromatic heterocycles. The van der Waals surface area contributed by atoms with Gasteiger partial charge in [-0.05, 0) is 18.9 Å². The topological polar surface area (TPSA) is 81.3 Å². The normalized spacial score (nSPS) is 11.4. The molecule has 0 saturated heterocycles. The summed E-state index contributed by atoms with van der Waals surface area (Å²) in [5.74, 6) is -1.09. The van der Waals surface area contributed by atoms with E-state index in [1.807, 2.05) is 13.8 Å². The second-order valence-corrected chi connectivity index (χ2v) is 5.65. The Morgan fingerprint density at radius 3 is 2.45 bits per heavy atom. The van der Waals surface area contributed by atoms with Crippen LogP contribution < -0.4 is 11.2 Å². The maximum absolute atomic E-state index is 12.5. The standard InChI is InChI=1S/C13H16N2O4S/c1-4-7(5-2)15-10(16)8-6-9(12(17)18)20-11(8)14(3)13(15)19/h6-7H,4-5H2,1-3H3,(H,17,18). The monoisotopic (exact) mass is 296 g/mol. The number of rotatable bonds is 4. The molecular weight excluding hydrogens is 280 g/mol. The predicted octanol–water partition coefficient (Wildman–Crippen LogP) is 1.82. The molecule has 0 fully saturated rings. The molecule has 0 unspecified atom stereocenters. The van der Waals surface area contributed by atoms with Gasteiger partial charge in [-0.25, -0.2) is 9.59 Å². The van der Waals surface area contributed by atoms with Crippen molar-refractivity contribution in [1.29, 1.82) is 0 Å². The van der Waals surface area contributed by atoms with Gasteiger partial charge in [0.1, 0.15) is 9.71 Å². The van der Waals surface area contributed by atoms with Gasteiger partial charge in [0.25, 0.3) is 5.56 Å². The molecule has 20 heavy (non-hydrogen) atoms. The highest BCUT2D eigenvalue weighted by Gasteiger charge is 2.20. The summed E-state index contributed by atoms with van der Waals surface area (Å²) < 4.78 is 2.59. The number of carbonyl (C=O) groups is 1. The first-order valence-corrected chi connectivity index (χ1v) is 7.22. The van der Waals surface area contributed by atoms with E-state index in [1.165, 1.54) is 15.2 Å². The summed E-state index contributed by atoms with van der Waals surface area (Å²) in [5.41, 5.74) is -0.796. The van der Waals surface area contributed by atoms with Crippen LogP contribution in [0.25, 0.3) is 10.2 Å². The fourth-order valence-electron chi connectivity index (χ4n) is 2.33. The minimum atomic E-state index is -1.09. The van der Waals surface area contributed by atoms with Crippen LogP contribution in [0, 0.1) is 0 Å². The Kier molecular flexibility index (Phi) is 3.80. The van der Waals surface area contributed by atoms with E-state index in [1.54, 1.807) is 7.05 Å². The SMILES string of the molecule is CCC(CC)n1c(=O)c2cc(C(=O)O)sc2n(C)c1=O. The van der Waals surface area contributed by atoms with Crippen molar-refractivity contribution in [2.75, 3.05) is 0 Å². The lowest BCUT2D eigenvalue weighted by Crippen LogP contribution is -2.40. The number of aromatic nitrogens is 2. The Labute approximate surface area is 118 Å². The van der Waals surface area contributed by atoms with Crippen LogP contribution in [-0.2, 0) is 7.05 Å². The van der Waals surface area contributed by atoms with Gasteiger partial charge in [0.05, 0.1) is 5.39 Å². The number of hydrogen-bond donors (Lipinski definition) is 1. The van der Waals surface area contributed by atoms with Gasteiger partial charge in [-0.2, -0.15) is 0 Å². The molecule has 0 aliphatic heterocycles. The quantitative estimate of drug-likeness (QED) is 0.933. The molecule has 108 valence electrons. The molecule has 2 aromatic rings. The smallest absolute Gasteiger partial charge is 0.345 e. The molecule has 0 bridgehead atoms. The van der Waals surface area contributed by atoms with Crippen molar-refractivity contribution in [2.45, 2.75) is 32.7 Å². The largest absolute Gasteiger partial charge is 0.477 e. The van der Waals surface area contributed by atoms with Gasteiger partial charge in [0, 0.05) is 13.1 Å². The molecule has 0 spiro atoms. The van der Waals surface area contributed by atoms with Crippen LogP contribution in [0.2, 0.25) is 0 Å². The fourth-order valence-corrected chi connectivity index (χ4v) is 3.27. The van der Waals surface area contributed by atoms with Crippen molar-refractivity contribution in [3.63, 3.8) is 0 Å². The first-order chi connectivity index (χ1) is 9.42. The highest BCUT2D eigenvalue weighted by Crippen LogP contribution is 2.22. The van der Waals surface area contributed by atoms with Gasteiger partial charge in [0.15, 0.2) is 0 Å². The van der Waals surface area contributed by atoms with Crippen molar-refractivity contribution < 1.29 is 9.90 Å². The number of fused-ring (bicyclic) bond motifs is 1. The number of hydrogen-bond acceptors (Lipinski definition) is 4. The Morgan fingerprint density at radius 1 is 1.35 bits per heavy atom. The molecule has 0 amide bonds. The summed E-state index contributed by atoms with van der Waals surface area (Å²) in [7, 11) is 1.56. The average molecular weight is 296 g/mol. The van der Waals surface area contributed by atoms with Crippen molar-refractivity contribution in [3.05, 3.63) is 31.8 Å². The summed E-state index contributed by atoms with van der Waals surface area (Å²) >= 11 is 0.946. The van der Waals surface area contributed by atoms with E-state index in [9.17, 15) is 14.4 Å². The molecule has 0 atom stereocenters. The lowest BCUT2D eigenvalue weighted by molar-refractivity contribution is 0.0702. The number of nitrogens with zero attached hydrogens (tertiary/aromatic N) is 2. The van der Waals surface area contributed by atoms with Crippen LogP contribution in [0.15, 0.2) is 15.7 Å². The van der Waals surface area contributed by atoms with Gasteiger partial charge in [0.2, 0.25) is 0 Å². The molecular formula is C13H16N2O4S. The third-order valence-electron chi connectivity index (χ3n) is 3.48. The van der Waals surface area contributed by atoms with E-state index >= 15 is 0 Å². The van der Waals surface area contributed by atoms with E-state index < -0.39 is 17.2 Å². The maximum Gasteiger partial charge on any atom is 0.345 e. The number of aryl methyl sites for hydroxylation is 1. The van der Waals surface area contributed by atoms with Crippen molar-refractivity contribution in [2.24, 2.45) is 7.05 Å². The Morgan fingerprint density at radius 2 is 1.95 bits per heavy atom. The molecule has 0 aromatic carbocycles. The van der Waals surface area contributed by atoms with Gasteiger partial charge in [-0.15, -0.1) is 11.3 Å². The summed E-state index contributed by atoms with van der Waals surface area (Å²) in [4.78, 5) is 36.3. The fraction of sp³-hybridized carbons (Fsp3) is 0.462. The van der Waals surface area contributed by atoms with Crippen LogP contribution in [0.5, 0.6) is 0 Å². The zero-order valence-corrected chi connectivity index (χ0v) is 12.4. The van der Waals surface area contributed by atoms with Crippen molar-refractivity contribution in [3.8, 4) is 0 Å².